The molecule has 0 saturated carbocycles. The molecule has 7 heavy (non-hydrogen) atoms. The molecule has 0 amide bonds. The van der Waals surface area contributed by atoms with E-state index in [2.05, 4.69) is 0 Å². The molecule has 0 aromatic carbocycles. The Labute approximate surface area is 66.6 Å². The van der Waals surface area contributed by atoms with Crippen molar-refractivity contribution in [2.45, 2.75) is 6.92 Å². The van der Waals surface area contributed by atoms with Gasteiger partial charge in [0, 0.05) is 0 Å². The number of rotatable bonds is 0. The van der Waals surface area contributed by atoms with Gasteiger partial charge in [-0.1, -0.05) is 0 Å². The first-order valence-electron chi connectivity index (χ1n) is 1.04. The van der Waals surface area contributed by atoms with E-state index >= 15 is 0 Å². The van der Waals surface area contributed by atoms with Gasteiger partial charge in [-0.05, 0) is 6.92 Å². The van der Waals surface area contributed by atoms with Crippen molar-refractivity contribution < 1.29 is 34.4 Å². The van der Waals surface area contributed by atoms with E-state index in [1.807, 2.05) is 5.97 Å². The fraction of sp³-hybridized carbons (Fsp3) is 0.333. The van der Waals surface area contributed by atoms with Crippen LogP contribution in [0.2, 0.25) is 0 Å². The first-order valence-corrected chi connectivity index (χ1v) is 1.04. The summed E-state index contributed by atoms with van der Waals surface area (Å²) in [6.07, 6.45) is 0.750. The quantitative estimate of drug-likeness (QED) is 0.234. The molecule has 0 aromatic heterocycles. The van der Waals surface area contributed by atoms with Crippen LogP contribution in [0.4, 0.5) is 0 Å². The summed E-state index contributed by atoms with van der Waals surface area (Å²) < 4.78 is 0. The van der Waals surface area contributed by atoms with E-state index in [0.717, 1.165) is 6.29 Å². The molecule has 2 nitrogen and oxygen atoms in total. The molecule has 34 valence electrons. The number of carbonyl (C=O) groups excluding carboxylic acids is 1. The molecule has 0 bridgehead atoms. The Morgan fingerprint density at radius 3 is 1.86 bits per heavy atom. The Balaban J connectivity index is -0.0000000400. The first-order chi connectivity index (χ1) is 2.83. The Morgan fingerprint density at radius 1 is 1.86 bits per heavy atom. The molecule has 0 aliphatic carbocycles. The van der Waals surface area contributed by atoms with Gasteiger partial charge in [0.25, 0.3) is 0 Å². The molecule has 0 aliphatic heterocycles. The minimum absolute atomic E-state index is 0. The van der Waals surface area contributed by atoms with Gasteiger partial charge in [-0.25, -0.2) is 0 Å². The van der Waals surface area contributed by atoms with Crippen molar-refractivity contribution in [2.24, 2.45) is 0 Å². The van der Waals surface area contributed by atoms with Crippen LogP contribution in [0.15, 0.2) is 0 Å². The monoisotopic (exact) mass is 107 g/mol. The number of hydrogen-bond donors (Lipinski definition) is 0. The molecular formula is C3H7BNNaO. The largest absolute Gasteiger partial charge is 1.00 e. The van der Waals surface area contributed by atoms with Crippen molar-refractivity contribution in [2.75, 3.05) is 0 Å². The van der Waals surface area contributed by atoms with Crippen molar-refractivity contribution in [3.05, 3.63) is 0 Å². The molecule has 4 heteroatoms. The molecular weight excluding hydrogens is 99.8 g/mol. The van der Waals surface area contributed by atoms with Crippen LogP contribution in [-0.2, 0) is 4.79 Å². The number of nitriles is 1. The molecule has 0 rings (SSSR count). The maximum Gasteiger partial charge on any atom is 1.00 e. The Hall–Kier alpha value is 0.225. The number of hydrogen-bond acceptors (Lipinski definition) is 2. The van der Waals surface area contributed by atoms with E-state index in [0.29, 0.717) is 0 Å². The van der Waals surface area contributed by atoms with Gasteiger partial charge in [-0.15, -0.1) is 0 Å². The zero-order chi connectivity index (χ0) is 5.41. The van der Waals surface area contributed by atoms with Crippen LogP contribution in [-0.4, -0.2) is 14.1 Å². The predicted molar refractivity (Wildman–Crippen MR) is 27.3 cm³/mol. The second-order valence-electron chi connectivity index (χ2n) is 0.236. The number of aldehydes is 1. The summed E-state index contributed by atoms with van der Waals surface area (Å²) in [5.41, 5.74) is 0. The van der Waals surface area contributed by atoms with Gasteiger partial charge in [0.05, 0.1) is 7.85 Å². The van der Waals surface area contributed by atoms with Crippen molar-refractivity contribution in [3.63, 3.8) is 0 Å². The van der Waals surface area contributed by atoms with Crippen LogP contribution < -0.4 is 29.6 Å². The summed E-state index contributed by atoms with van der Waals surface area (Å²) in [6.45, 7) is 1.44. The third-order valence-corrected chi connectivity index (χ3v) is 0. The summed E-state index contributed by atoms with van der Waals surface area (Å²) in [4.78, 5) is 8.81. The van der Waals surface area contributed by atoms with E-state index < -0.39 is 0 Å². The van der Waals surface area contributed by atoms with Gasteiger partial charge in [0.1, 0.15) is 6.29 Å². The second kappa shape index (κ2) is 34.3. The minimum Gasteiger partial charge on any atom is -0.304 e. The molecule has 0 fully saturated rings. The molecule has 0 atom stereocenters. The van der Waals surface area contributed by atoms with Gasteiger partial charge in [0.15, 0.2) is 0 Å². The molecule has 0 heterocycles. The van der Waals surface area contributed by atoms with Crippen molar-refractivity contribution in [1.29, 1.82) is 5.26 Å². The Kier molecular flexibility index (Phi) is 76.9. The van der Waals surface area contributed by atoms with Gasteiger partial charge in [0.2, 0.25) is 0 Å². The van der Waals surface area contributed by atoms with Crippen molar-refractivity contribution in [3.8, 4) is 5.97 Å². The van der Waals surface area contributed by atoms with Gasteiger partial charge >= 0.3 is 29.6 Å². The summed E-state index contributed by atoms with van der Waals surface area (Å²) in [6, 6.07) is 0. The Bertz CT molecular complexity index is 60.4. The maximum absolute atomic E-state index is 8.81. The third-order valence-electron chi connectivity index (χ3n) is 0. The third kappa shape index (κ3) is 2200. The molecule has 0 spiro atoms. The van der Waals surface area contributed by atoms with Gasteiger partial charge in [-0.2, -0.15) is 5.97 Å². The standard InChI is InChI=1S/C2H4O.CH3BN.Na/c1-2-3;2-1-3;/h2H,1H3;2H3;/q;-1;+1. The SMILES string of the molecule is CC=O.[BH3-]C#N.[Na+]. The Morgan fingerprint density at radius 2 is 1.86 bits per heavy atom. The van der Waals surface area contributed by atoms with E-state index in [1.165, 1.54) is 6.92 Å². The van der Waals surface area contributed by atoms with E-state index in [4.69, 9.17) is 10.1 Å². The summed E-state index contributed by atoms with van der Waals surface area (Å²) >= 11 is 0. The predicted octanol–water partition coefficient (Wildman–Crippen LogP) is -3.96. The van der Waals surface area contributed by atoms with Crippen molar-refractivity contribution >= 4 is 14.1 Å². The number of carbonyl (C=O) groups is 1. The van der Waals surface area contributed by atoms with Crippen LogP contribution in [0, 0.1) is 11.2 Å². The summed E-state index contributed by atoms with van der Waals surface area (Å²) in [5, 5.41) is 7.43. The number of nitrogens with zero attached hydrogens (tertiary/aromatic N) is 1. The average Bonchev–Trinajstić information content (AvgIpc) is 1.39. The molecule has 0 N–H and O–H groups in total. The smallest absolute Gasteiger partial charge is 0.304 e. The van der Waals surface area contributed by atoms with Crippen LogP contribution >= 0.6 is 0 Å². The van der Waals surface area contributed by atoms with E-state index in [-0.39, 0.29) is 37.4 Å². The van der Waals surface area contributed by atoms with Crippen LogP contribution in [0.5, 0.6) is 0 Å². The van der Waals surface area contributed by atoms with E-state index in [9.17, 15) is 0 Å². The normalized spacial score (nSPS) is 3.00. The minimum atomic E-state index is 0. The van der Waals surface area contributed by atoms with Crippen LogP contribution in [0.3, 0.4) is 0 Å². The fourth-order valence-corrected chi connectivity index (χ4v) is 0. The fourth-order valence-electron chi connectivity index (χ4n) is 0. The second-order valence-corrected chi connectivity index (χ2v) is 0.236. The van der Waals surface area contributed by atoms with Gasteiger partial charge in [-0.3, -0.25) is 5.26 Å². The maximum atomic E-state index is 8.81. The summed E-state index contributed by atoms with van der Waals surface area (Å²) in [5.74, 6) is 2.00. The van der Waals surface area contributed by atoms with Crippen molar-refractivity contribution in [1.82, 2.24) is 0 Å². The molecule has 0 unspecified atom stereocenters. The topological polar surface area (TPSA) is 40.9 Å². The van der Waals surface area contributed by atoms with Crippen LogP contribution in [0.25, 0.3) is 0 Å². The van der Waals surface area contributed by atoms with Crippen LogP contribution in [0.1, 0.15) is 6.92 Å². The average molecular weight is 107 g/mol. The molecule has 0 radical (unpaired) electrons. The molecule has 0 saturated heterocycles. The first kappa shape index (κ1) is 15.7. The van der Waals surface area contributed by atoms with Gasteiger partial charge < -0.3 is 4.79 Å². The molecule has 0 aliphatic rings. The summed E-state index contributed by atoms with van der Waals surface area (Å²) in [7, 11) is 0.0694. The molecule has 0 aromatic rings. The van der Waals surface area contributed by atoms with E-state index in [1.54, 1.807) is 0 Å². The zero-order valence-corrected chi connectivity index (χ0v) is 5.93. The zero-order valence-electron chi connectivity index (χ0n) is 3.93.